The number of benzene rings is 2. The number of ether oxygens (including phenoxy) is 1. The van der Waals surface area contributed by atoms with Gasteiger partial charge in [0.1, 0.15) is 6.04 Å². The summed E-state index contributed by atoms with van der Waals surface area (Å²) in [5, 5.41) is 4.93. The Kier molecular flexibility index (Phi) is 8.52. The van der Waals surface area contributed by atoms with Gasteiger partial charge in [-0.2, -0.15) is 0 Å². The molecule has 0 aromatic heterocycles. The fraction of sp³-hybridized carbons (Fsp3) is 0.440. The van der Waals surface area contributed by atoms with E-state index >= 15 is 0 Å². The lowest BCUT2D eigenvalue weighted by Gasteiger charge is -2.35. The van der Waals surface area contributed by atoms with Crippen LogP contribution >= 0.6 is 46.4 Å². The second-order valence-electron chi connectivity index (χ2n) is 9.11. The van der Waals surface area contributed by atoms with Crippen LogP contribution in [0.5, 0.6) is 0 Å². The lowest BCUT2D eigenvalue weighted by molar-refractivity contribution is -0.140. The smallest absolute Gasteiger partial charge is 0.247 e. The molecular formula is C25H27Cl4N3O3. The third-order valence-corrected chi connectivity index (χ3v) is 7.74. The Morgan fingerprint density at radius 1 is 0.971 bits per heavy atom. The van der Waals surface area contributed by atoms with Crippen LogP contribution in [0.1, 0.15) is 24.0 Å². The summed E-state index contributed by atoms with van der Waals surface area (Å²) in [6.45, 7) is 2.94. The summed E-state index contributed by atoms with van der Waals surface area (Å²) in [5.74, 6) is -0.394. The number of rotatable bonds is 8. The van der Waals surface area contributed by atoms with Crippen LogP contribution in [-0.4, -0.2) is 67.5 Å². The third-order valence-electron chi connectivity index (χ3n) is 6.61. The normalized spacial score (nSPS) is 18.3. The van der Waals surface area contributed by atoms with Gasteiger partial charge in [-0.3, -0.25) is 9.59 Å². The maximum Gasteiger partial charge on any atom is 0.247 e. The summed E-state index contributed by atoms with van der Waals surface area (Å²) >= 11 is 24.7. The van der Waals surface area contributed by atoms with Crippen LogP contribution < -0.4 is 5.32 Å². The van der Waals surface area contributed by atoms with Crippen molar-refractivity contribution >= 4 is 58.2 Å². The second kappa shape index (κ2) is 11.2. The van der Waals surface area contributed by atoms with Crippen molar-refractivity contribution in [2.24, 2.45) is 0 Å². The monoisotopic (exact) mass is 557 g/mol. The van der Waals surface area contributed by atoms with Crippen LogP contribution in [0.4, 0.5) is 0 Å². The topological polar surface area (TPSA) is 61.9 Å². The molecule has 2 amide bonds. The van der Waals surface area contributed by atoms with Crippen molar-refractivity contribution in [3.8, 4) is 0 Å². The van der Waals surface area contributed by atoms with Crippen molar-refractivity contribution in [2.75, 3.05) is 39.8 Å². The fourth-order valence-corrected chi connectivity index (χ4v) is 5.32. The van der Waals surface area contributed by atoms with Crippen LogP contribution in [0, 0.1) is 0 Å². The van der Waals surface area contributed by atoms with E-state index in [9.17, 15) is 9.59 Å². The highest BCUT2D eigenvalue weighted by molar-refractivity contribution is 6.35. The molecule has 188 valence electrons. The molecule has 1 aliphatic carbocycles. The summed E-state index contributed by atoms with van der Waals surface area (Å²) < 4.78 is 5.87. The summed E-state index contributed by atoms with van der Waals surface area (Å²) in [4.78, 5) is 30.8. The van der Waals surface area contributed by atoms with Crippen molar-refractivity contribution in [3.05, 3.63) is 67.6 Å². The average molecular weight is 559 g/mol. The molecule has 2 aromatic rings. The van der Waals surface area contributed by atoms with Gasteiger partial charge in [0.2, 0.25) is 11.8 Å². The molecule has 1 heterocycles. The average Bonchev–Trinajstić information content (AvgIpc) is 3.61. The van der Waals surface area contributed by atoms with Gasteiger partial charge in [0.15, 0.2) is 0 Å². The summed E-state index contributed by atoms with van der Waals surface area (Å²) in [7, 11) is 2.02. The Labute approximate surface area is 225 Å². The van der Waals surface area contributed by atoms with Gasteiger partial charge in [0.05, 0.1) is 18.6 Å². The van der Waals surface area contributed by atoms with Crippen LogP contribution in [-0.2, 0) is 26.3 Å². The van der Waals surface area contributed by atoms with Crippen molar-refractivity contribution in [1.82, 2.24) is 15.1 Å². The molecule has 2 fully saturated rings. The predicted octanol–water partition coefficient (Wildman–Crippen LogP) is 4.81. The van der Waals surface area contributed by atoms with Crippen LogP contribution in [0.25, 0.3) is 0 Å². The second-order valence-corrected chi connectivity index (χ2v) is 10.8. The Bertz CT molecular complexity index is 1100. The predicted molar refractivity (Wildman–Crippen MR) is 139 cm³/mol. The molecule has 1 N–H and O–H groups in total. The maximum atomic E-state index is 13.5. The van der Waals surface area contributed by atoms with E-state index < -0.39 is 11.5 Å². The highest BCUT2D eigenvalue weighted by Gasteiger charge is 2.53. The number of carbonyl (C=O) groups excluding carboxylic acids is 2. The van der Waals surface area contributed by atoms with Gasteiger partial charge in [-0.1, -0.05) is 58.5 Å². The van der Waals surface area contributed by atoms with Crippen LogP contribution in [0.15, 0.2) is 36.4 Å². The molecule has 1 saturated heterocycles. The van der Waals surface area contributed by atoms with Crippen molar-refractivity contribution in [3.63, 3.8) is 0 Å². The van der Waals surface area contributed by atoms with E-state index in [1.54, 1.807) is 41.3 Å². The Morgan fingerprint density at radius 3 is 2.20 bits per heavy atom. The summed E-state index contributed by atoms with van der Waals surface area (Å²) in [5.41, 5.74) is 0.711. The Morgan fingerprint density at radius 2 is 1.60 bits per heavy atom. The highest BCUT2D eigenvalue weighted by Crippen LogP contribution is 2.51. The van der Waals surface area contributed by atoms with Crippen LogP contribution in [0.3, 0.4) is 0 Å². The lowest BCUT2D eigenvalue weighted by atomic mass is 9.94. The van der Waals surface area contributed by atoms with Crippen LogP contribution in [0.2, 0.25) is 20.1 Å². The van der Waals surface area contributed by atoms with Gasteiger partial charge >= 0.3 is 0 Å². The molecule has 0 bridgehead atoms. The van der Waals surface area contributed by atoms with Crippen molar-refractivity contribution in [1.29, 1.82) is 0 Å². The first-order valence-electron chi connectivity index (χ1n) is 11.4. The molecule has 2 aromatic carbocycles. The molecular weight excluding hydrogens is 532 g/mol. The molecule has 35 heavy (non-hydrogen) atoms. The first-order chi connectivity index (χ1) is 16.7. The van der Waals surface area contributed by atoms with Gasteiger partial charge in [-0.05, 0) is 55.3 Å². The molecule has 0 radical (unpaired) electrons. The molecule has 10 heteroatoms. The SMILES string of the molecule is CN1CCN(C(=O)[C@H](COCc2ccc(Cl)cc2Cl)NC(=O)C2(c3ccc(Cl)cc3Cl)CC2)CC1. The van der Waals surface area contributed by atoms with Gasteiger partial charge in [0, 0.05) is 46.3 Å². The molecule has 1 saturated carbocycles. The molecule has 2 aliphatic rings. The quantitative estimate of drug-likeness (QED) is 0.505. The Balaban J connectivity index is 1.48. The zero-order valence-corrected chi connectivity index (χ0v) is 22.4. The zero-order chi connectivity index (χ0) is 25.2. The number of hydrogen-bond acceptors (Lipinski definition) is 4. The highest BCUT2D eigenvalue weighted by atomic mass is 35.5. The van der Waals surface area contributed by atoms with Gasteiger partial charge in [-0.25, -0.2) is 0 Å². The summed E-state index contributed by atoms with van der Waals surface area (Å²) in [6, 6.07) is 9.46. The number of hydrogen-bond donors (Lipinski definition) is 1. The molecule has 4 rings (SSSR count). The van der Waals surface area contributed by atoms with Crippen molar-refractivity contribution < 1.29 is 14.3 Å². The molecule has 1 aliphatic heterocycles. The zero-order valence-electron chi connectivity index (χ0n) is 19.3. The van der Waals surface area contributed by atoms with E-state index in [0.29, 0.717) is 46.0 Å². The number of nitrogens with one attached hydrogen (secondary N) is 1. The van der Waals surface area contributed by atoms with Gasteiger partial charge in [-0.15, -0.1) is 0 Å². The molecule has 0 unspecified atom stereocenters. The number of piperazine rings is 1. The third kappa shape index (κ3) is 6.24. The molecule has 0 spiro atoms. The minimum absolute atomic E-state index is 0.0142. The van der Waals surface area contributed by atoms with E-state index in [0.717, 1.165) is 24.2 Å². The number of halogens is 4. The maximum absolute atomic E-state index is 13.5. The number of likely N-dealkylation sites (N-methyl/N-ethyl adjacent to an activating group) is 1. The standard InChI is InChI=1S/C25H27Cl4N3O3/c1-31-8-10-32(11-9-31)23(33)22(15-35-14-16-2-3-17(26)12-20(16)28)30-24(34)25(6-7-25)19-5-4-18(27)13-21(19)29/h2-5,12-13,22H,6-11,14-15H2,1H3,(H,30,34)/t22-/m0/s1. The van der Waals surface area contributed by atoms with E-state index in [1.165, 1.54) is 0 Å². The number of amides is 2. The Hall–Kier alpha value is -1.54. The molecule has 6 nitrogen and oxygen atoms in total. The van der Waals surface area contributed by atoms with Gasteiger partial charge < -0.3 is 19.9 Å². The first kappa shape index (κ1) is 26.5. The van der Waals surface area contributed by atoms with Gasteiger partial charge in [0.25, 0.3) is 0 Å². The minimum Gasteiger partial charge on any atom is -0.374 e. The number of nitrogens with zero attached hydrogens (tertiary/aromatic N) is 2. The van der Waals surface area contributed by atoms with E-state index in [1.807, 2.05) is 7.05 Å². The molecule has 1 atom stereocenters. The van der Waals surface area contributed by atoms with Crippen molar-refractivity contribution in [2.45, 2.75) is 30.9 Å². The fourth-order valence-electron chi connectivity index (χ4n) is 4.27. The van der Waals surface area contributed by atoms with E-state index in [-0.39, 0.29) is 25.0 Å². The minimum atomic E-state index is -0.833. The first-order valence-corrected chi connectivity index (χ1v) is 13.0. The summed E-state index contributed by atoms with van der Waals surface area (Å²) in [6.07, 6.45) is 1.30. The number of carbonyl (C=O) groups is 2. The van der Waals surface area contributed by atoms with E-state index in [2.05, 4.69) is 10.2 Å². The largest absolute Gasteiger partial charge is 0.374 e. The lowest BCUT2D eigenvalue weighted by Crippen LogP contribution is -2.56. The van der Waals surface area contributed by atoms with E-state index in [4.69, 9.17) is 51.1 Å².